The number of para-hydroxylation sites is 1. The summed E-state index contributed by atoms with van der Waals surface area (Å²) in [4.78, 5) is 18.2. The first-order valence-corrected chi connectivity index (χ1v) is 11.0. The minimum atomic E-state index is -0.489. The fraction of sp³-hybridized carbons (Fsp3) is 0.115. The van der Waals surface area contributed by atoms with E-state index in [1.54, 1.807) is 47.5 Å². The summed E-state index contributed by atoms with van der Waals surface area (Å²) >= 11 is 5.62. The summed E-state index contributed by atoms with van der Waals surface area (Å²) in [5, 5.41) is 3.65. The Hall–Kier alpha value is -4.04. The predicted octanol–water partition coefficient (Wildman–Crippen LogP) is 5.44. The van der Waals surface area contributed by atoms with Gasteiger partial charge < -0.3 is 19.4 Å². The molecule has 6 nitrogen and oxygen atoms in total. The zero-order valence-corrected chi connectivity index (χ0v) is 19.0. The average molecular weight is 474 g/mol. The molecule has 1 N–H and O–H groups in total. The van der Waals surface area contributed by atoms with Crippen LogP contribution < -0.4 is 10.2 Å². The topological polar surface area (TPSA) is 67.6 Å². The van der Waals surface area contributed by atoms with Crippen LogP contribution in [0.25, 0.3) is 11.3 Å². The Kier molecular flexibility index (Phi) is 5.81. The van der Waals surface area contributed by atoms with Crippen LogP contribution in [-0.2, 0) is 4.74 Å². The smallest absolute Gasteiger partial charge is 0.337 e. The number of aromatic nitrogens is 1. The molecule has 0 radical (unpaired) electrons. The minimum Gasteiger partial charge on any atom is -0.465 e. The van der Waals surface area contributed by atoms with Crippen LogP contribution in [-0.4, -0.2) is 23.2 Å². The molecule has 34 heavy (non-hydrogen) atoms. The molecule has 5 rings (SSSR count). The number of furan rings is 1. The van der Waals surface area contributed by atoms with Gasteiger partial charge in [0.2, 0.25) is 0 Å². The lowest BCUT2D eigenvalue weighted by Gasteiger charge is -2.26. The SMILES string of the molecule is COC(=O)c1cccc(-c2ccc([C@H]3[C@@H](c4ccccn4)NC(=S)N3c3ccccc3F)o2)c1. The maximum Gasteiger partial charge on any atom is 0.337 e. The maximum absolute atomic E-state index is 14.8. The molecule has 0 unspecified atom stereocenters. The van der Waals surface area contributed by atoms with Gasteiger partial charge in [0.25, 0.3) is 0 Å². The molecule has 0 spiro atoms. The van der Waals surface area contributed by atoms with Crippen LogP contribution in [0.2, 0.25) is 0 Å². The molecule has 2 aromatic heterocycles. The lowest BCUT2D eigenvalue weighted by atomic mass is 10.0. The average Bonchev–Trinajstić information content (AvgIpc) is 3.49. The lowest BCUT2D eigenvalue weighted by Crippen LogP contribution is -2.30. The number of methoxy groups -OCH3 is 1. The van der Waals surface area contributed by atoms with Crippen LogP contribution in [0.4, 0.5) is 10.1 Å². The third-order valence-corrected chi connectivity index (χ3v) is 6.01. The molecule has 1 aliphatic rings. The highest BCUT2D eigenvalue weighted by atomic mass is 32.1. The Labute approximate surface area is 201 Å². The van der Waals surface area contributed by atoms with Gasteiger partial charge in [0.05, 0.1) is 30.1 Å². The van der Waals surface area contributed by atoms with Gasteiger partial charge in [0.15, 0.2) is 5.11 Å². The van der Waals surface area contributed by atoms with E-state index in [4.69, 9.17) is 21.4 Å². The van der Waals surface area contributed by atoms with E-state index in [0.29, 0.717) is 27.9 Å². The molecule has 1 fully saturated rings. The summed E-state index contributed by atoms with van der Waals surface area (Å²) in [5.74, 6) is 0.312. The first-order valence-electron chi connectivity index (χ1n) is 10.6. The molecule has 8 heteroatoms. The summed E-state index contributed by atoms with van der Waals surface area (Å²) in [5.41, 5.74) is 2.23. The molecule has 0 amide bonds. The van der Waals surface area contributed by atoms with Crippen molar-refractivity contribution in [3.8, 4) is 11.3 Å². The summed E-state index contributed by atoms with van der Waals surface area (Å²) in [7, 11) is 1.34. The third-order valence-electron chi connectivity index (χ3n) is 5.70. The van der Waals surface area contributed by atoms with Crippen LogP contribution in [0, 0.1) is 5.82 Å². The van der Waals surface area contributed by atoms with Crippen molar-refractivity contribution in [2.45, 2.75) is 12.1 Å². The molecule has 3 heterocycles. The van der Waals surface area contributed by atoms with E-state index in [2.05, 4.69) is 10.3 Å². The number of carbonyl (C=O) groups is 1. The van der Waals surface area contributed by atoms with Gasteiger partial charge in [-0.3, -0.25) is 4.98 Å². The highest BCUT2D eigenvalue weighted by Gasteiger charge is 2.43. The summed E-state index contributed by atoms with van der Waals surface area (Å²) in [6.07, 6.45) is 1.70. The van der Waals surface area contributed by atoms with Crippen LogP contribution in [0.15, 0.2) is 89.5 Å². The highest BCUT2D eigenvalue weighted by molar-refractivity contribution is 7.80. The van der Waals surface area contributed by atoms with E-state index in [1.807, 2.05) is 36.4 Å². The van der Waals surface area contributed by atoms with Gasteiger partial charge in [-0.1, -0.05) is 30.3 Å². The minimum absolute atomic E-state index is 0.342. The van der Waals surface area contributed by atoms with Crippen molar-refractivity contribution in [1.82, 2.24) is 10.3 Å². The molecule has 0 aliphatic carbocycles. The van der Waals surface area contributed by atoms with Crippen LogP contribution in [0.5, 0.6) is 0 Å². The summed E-state index contributed by atoms with van der Waals surface area (Å²) in [6, 6.07) is 21.9. The fourth-order valence-corrected chi connectivity index (χ4v) is 4.47. The van der Waals surface area contributed by atoms with E-state index in [1.165, 1.54) is 13.2 Å². The Balaban J connectivity index is 1.59. The van der Waals surface area contributed by atoms with Crippen molar-refractivity contribution in [2.75, 3.05) is 12.0 Å². The number of halogens is 1. The van der Waals surface area contributed by atoms with E-state index >= 15 is 0 Å². The maximum atomic E-state index is 14.8. The number of pyridine rings is 1. The second kappa shape index (κ2) is 9.07. The predicted molar refractivity (Wildman–Crippen MR) is 130 cm³/mol. The third kappa shape index (κ3) is 3.92. The molecule has 170 valence electrons. The molecule has 0 saturated carbocycles. The Morgan fingerprint density at radius 3 is 2.68 bits per heavy atom. The molecule has 2 aromatic carbocycles. The molecular weight excluding hydrogens is 453 g/mol. The van der Waals surface area contributed by atoms with Gasteiger partial charge in [-0.2, -0.15) is 0 Å². The first-order chi connectivity index (χ1) is 16.6. The van der Waals surface area contributed by atoms with Crippen LogP contribution >= 0.6 is 12.2 Å². The van der Waals surface area contributed by atoms with Crippen molar-refractivity contribution in [1.29, 1.82) is 0 Å². The number of benzene rings is 2. The van der Waals surface area contributed by atoms with E-state index in [0.717, 1.165) is 11.3 Å². The Morgan fingerprint density at radius 1 is 1.09 bits per heavy atom. The first kappa shape index (κ1) is 21.8. The van der Waals surface area contributed by atoms with Gasteiger partial charge in [0, 0.05) is 11.8 Å². The largest absolute Gasteiger partial charge is 0.465 e. The second-order valence-electron chi connectivity index (χ2n) is 7.72. The summed E-state index contributed by atoms with van der Waals surface area (Å²) < 4.78 is 25.9. The molecular formula is C26H20FN3O3S. The van der Waals surface area contributed by atoms with E-state index in [-0.39, 0.29) is 6.04 Å². The van der Waals surface area contributed by atoms with Crippen molar-refractivity contribution < 1.29 is 18.3 Å². The van der Waals surface area contributed by atoms with Crippen molar-refractivity contribution in [3.05, 3.63) is 108 Å². The quantitative estimate of drug-likeness (QED) is 0.306. The number of ether oxygens (including phenoxy) is 1. The number of esters is 1. The van der Waals surface area contributed by atoms with Crippen molar-refractivity contribution >= 4 is 29.0 Å². The van der Waals surface area contributed by atoms with Gasteiger partial charge >= 0.3 is 5.97 Å². The van der Waals surface area contributed by atoms with Crippen LogP contribution in [0.3, 0.4) is 0 Å². The fourth-order valence-electron chi connectivity index (χ4n) is 4.13. The number of hydrogen-bond donors (Lipinski definition) is 1. The zero-order valence-electron chi connectivity index (χ0n) is 18.1. The number of rotatable bonds is 5. The molecule has 4 aromatic rings. The van der Waals surface area contributed by atoms with Gasteiger partial charge in [-0.25, -0.2) is 9.18 Å². The lowest BCUT2D eigenvalue weighted by molar-refractivity contribution is 0.0601. The van der Waals surface area contributed by atoms with Crippen molar-refractivity contribution in [3.63, 3.8) is 0 Å². The van der Waals surface area contributed by atoms with Crippen molar-refractivity contribution in [2.24, 2.45) is 0 Å². The van der Waals surface area contributed by atoms with Gasteiger partial charge in [-0.15, -0.1) is 0 Å². The Morgan fingerprint density at radius 2 is 1.91 bits per heavy atom. The summed E-state index contributed by atoms with van der Waals surface area (Å²) in [6.45, 7) is 0. The van der Waals surface area contributed by atoms with E-state index < -0.39 is 17.8 Å². The number of nitrogens with one attached hydrogen (secondary N) is 1. The van der Waals surface area contributed by atoms with Gasteiger partial charge in [-0.05, 0) is 60.7 Å². The molecule has 1 saturated heterocycles. The number of anilines is 1. The number of carbonyl (C=O) groups excluding carboxylic acids is 1. The number of hydrogen-bond acceptors (Lipinski definition) is 5. The Bertz CT molecular complexity index is 1360. The van der Waals surface area contributed by atoms with E-state index in [9.17, 15) is 9.18 Å². The monoisotopic (exact) mass is 473 g/mol. The molecule has 0 bridgehead atoms. The molecule has 2 atom stereocenters. The van der Waals surface area contributed by atoms with Crippen LogP contribution in [0.1, 0.15) is 33.9 Å². The normalized spacial score (nSPS) is 17.5. The highest BCUT2D eigenvalue weighted by Crippen LogP contribution is 2.43. The molecule has 1 aliphatic heterocycles. The second-order valence-corrected chi connectivity index (χ2v) is 8.11. The zero-order chi connectivity index (χ0) is 23.7. The number of thiocarbonyl (C=S) groups is 1. The van der Waals surface area contributed by atoms with Gasteiger partial charge in [0.1, 0.15) is 23.4 Å². The number of nitrogens with zero attached hydrogens (tertiary/aromatic N) is 2. The standard InChI is InChI=1S/C26H20FN3O3S/c1-32-25(31)17-8-6-7-16(15-17)21-12-13-22(33-21)24-23(19-10-4-5-14-28-19)29-26(34)30(24)20-11-3-2-9-18(20)27/h2-15,23-24H,1H3,(H,29,34)/t23-,24+/m1/s1.